The first-order valence-corrected chi connectivity index (χ1v) is 3.50. The summed E-state index contributed by atoms with van der Waals surface area (Å²) in [5.74, 6) is -0.729. The zero-order valence-electron chi connectivity index (χ0n) is 6.97. The quantitative estimate of drug-likeness (QED) is 0.689. The van der Waals surface area contributed by atoms with Crippen LogP contribution in [0.15, 0.2) is 18.5 Å². The van der Waals surface area contributed by atoms with E-state index in [9.17, 15) is 4.79 Å². The van der Waals surface area contributed by atoms with Gasteiger partial charge in [0.2, 0.25) is 5.88 Å². The van der Waals surface area contributed by atoms with E-state index in [0.717, 1.165) is 6.08 Å². The van der Waals surface area contributed by atoms with Crippen molar-refractivity contribution in [3.05, 3.63) is 24.2 Å². The Morgan fingerprint density at radius 1 is 1.54 bits per heavy atom. The van der Waals surface area contributed by atoms with Crippen molar-refractivity contribution >= 4 is 12.0 Å². The van der Waals surface area contributed by atoms with Gasteiger partial charge in [-0.1, -0.05) is 0 Å². The van der Waals surface area contributed by atoms with Crippen LogP contribution in [0.5, 0.6) is 5.88 Å². The predicted octanol–water partition coefficient (Wildman–Crippen LogP) is 0.583. The van der Waals surface area contributed by atoms with Gasteiger partial charge >= 0.3 is 5.97 Å². The molecule has 0 aliphatic rings. The van der Waals surface area contributed by atoms with Crippen LogP contribution in [0, 0.1) is 0 Å². The second-order valence-corrected chi connectivity index (χ2v) is 2.12. The van der Waals surface area contributed by atoms with Crippen LogP contribution in [0.25, 0.3) is 6.08 Å². The van der Waals surface area contributed by atoms with Crippen LogP contribution in [-0.4, -0.2) is 28.2 Å². The summed E-state index contributed by atoms with van der Waals surface area (Å²) >= 11 is 0. The molecule has 1 heterocycles. The first-order valence-electron chi connectivity index (χ1n) is 3.50. The number of hydrogen-bond acceptors (Lipinski definition) is 4. The molecule has 0 unspecified atom stereocenters. The van der Waals surface area contributed by atoms with Crippen molar-refractivity contribution in [3.63, 3.8) is 0 Å². The molecular weight excluding hydrogens is 172 g/mol. The lowest BCUT2D eigenvalue weighted by molar-refractivity contribution is -0.131. The van der Waals surface area contributed by atoms with Gasteiger partial charge in [-0.3, -0.25) is 0 Å². The molecule has 0 spiro atoms. The monoisotopic (exact) mass is 180 g/mol. The normalized spacial score (nSPS) is 10.2. The number of nitrogens with zero attached hydrogens (tertiary/aromatic N) is 2. The maximum Gasteiger partial charge on any atom is 0.328 e. The van der Waals surface area contributed by atoms with Gasteiger partial charge in [-0.15, -0.1) is 0 Å². The van der Waals surface area contributed by atoms with E-state index >= 15 is 0 Å². The molecule has 1 rings (SSSR count). The Morgan fingerprint density at radius 2 is 2.23 bits per heavy atom. The summed E-state index contributed by atoms with van der Waals surface area (Å²) in [6, 6.07) is 0. The second-order valence-electron chi connectivity index (χ2n) is 2.12. The van der Waals surface area contributed by atoms with Crippen LogP contribution < -0.4 is 4.74 Å². The van der Waals surface area contributed by atoms with Gasteiger partial charge in [-0.05, 0) is 6.08 Å². The summed E-state index contributed by atoms with van der Waals surface area (Å²) in [7, 11) is 1.45. The Hall–Kier alpha value is -1.91. The Bertz CT molecular complexity index is 336. The van der Waals surface area contributed by atoms with Crippen LogP contribution in [0.3, 0.4) is 0 Å². The van der Waals surface area contributed by atoms with E-state index in [1.54, 1.807) is 0 Å². The summed E-state index contributed by atoms with van der Waals surface area (Å²) in [5.41, 5.74) is 0.396. The van der Waals surface area contributed by atoms with E-state index in [4.69, 9.17) is 9.84 Å². The number of carboxylic acids is 1. The topological polar surface area (TPSA) is 72.3 Å². The third kappa shape index (κ3) is 2.55. The minimum absolute atomic E-state index is 0.306. The van der Waals surface area contributed by atoms with Crippen molar-refractivity contribution in [2.45, 2.75) is 0 Å². The molecule has 1 aromatic heterocycles. The number of aliphatic carboxylic acids is 1. The lowest BCUT2D eigenvalue weighted by atomic mass is 10.4. The van der Waals surface area contributed by atoms with E-state index in [1.807, 2.05) is 0 Å². The average molecular weight is 180 g/mol. The minimum Gasteiger partial charge on any atom is -0.479 e. The van der Waals surface area contributed by atoms with E-state index in [0.29, 0.717) is 11.6 Å². The summed E-state index contributed by atoms with van der Waals surface area (Å²) in [6.45, 7) is 0. The minimum atomic E-state index is -1.03. The zero-order valence-corrected chi connectivity index (χ0v) is 6.97. The summed E-state index contributed by atoms with van der Waals surface area (Å²) in [6.07, 6.45) is 5.24. The SMILES string of the molecule is COc1nccnc1/C=C/C(=O)O. The molecule has 1 aromatic rings. The molecular formula is C8H8N2O3. The molecule has 0 saturated heterocycles. The van der Waals surface area contributed by atoms with Crippen LogP contribution >= 0.6 is 0 Å². The first kappa shape index (κ1) is 9.18. The highest BCUT2D eigenvalue weighted by Crippen LogP contribution is 2.11. The maximum atomic E-state index is 10.2. The maximum absolute atomic E-state index is 10.2. The molecule has 1 N–H and O–H groups in total. The molecule has 0 radical (unpaired) electrons. The average Bonchev–Trinajstić information content (AvgIpc) is 2.15. The fraction of sp³-hybridized carbons (Fsp3) is 0.125. The van der Waals surface area contributed by atoms with Crippen molar-refractivity contribution in [3.8, 4) is 5.88 Å². The van der Waals surface area contributed by atoms with Gasteiger partial charge < -0.3 is 9.84 Å². The summed E-state index contributed by atoms with van der Waals surface area (Å²) in [5, 5.41) is 8.36. The molecule has 68 valence electrons. The largest absolute Gasteiger partial charge is 0.479 e. The number of aromatic nitrogens is 2. The van der Waals surface area contributed by atoms with E-state index < -0.39 is 5.97 Å². The second kappa shape index (κ2) is 4.20. The predicted molar refractivity (Wildman–Crippen MR) is 45.3 cm³/mol. The lowest BCUT2D eigenvalue weighted by Gasteiger charge is -1.99. The molecule has 0 bridgehead atoms. The van der Waals surface area contributed by atoms with Crippen molar-refractivity contribution in [1.29, 1.82) is 0 Å². The Labute approximate surface area is 74.7 Å². The van der Waals surface area contributed by atoms with Crippen LogP contribution in [0.2, 0.25) is 0 Å². The van der Waals surface area contributed by atoms with Gasteiger partial charge in [-0.2, -0.15) is 0 Å². The summed E-state index contributed by atoms with van der Waals surface area (Å²) < 4.78 is 4.86. The molecule has 5 nitrogen and oxygen atoms in total. The molecule has 13 heavy (non-hydrogen) atoms. The highest BCUT2D eigenvalue weighted by Gasteiger charge is 2.00. The number of carboxylic acid groups (broad SMARTS) is 1. The van der Waals surface area contributed by atoms with Gasteiger partial charge in [-0.25, -0.2) is 14.8 Å². The van der Waals surface area contributed by atoms with Gasteiger partial charge in [0.05, 0.1) is 7.11 Å². The highest BCUT2D eigenvalue weighted by molar-refractivity contribution is 5.85. The molecule has 0 aliphatic heterocycles. The molecule has 0 saturated carbocycles. The third-order valence-corrected chi connectivity index (χ3v) is 1.27. The van der Waals surface area contributed by atoms with Crippen LogP contribution in [0.4, 0.5) is 0 Å². The first-order chi connectivity index (χ1) is 6.24. The molecule has 0 fully saturated rings. The van der Waals surface area contributed by atoms with Crippen LogP contribution in [-0.2, 0) is 4.79 Å². The number of rotatable bonds is 3. The smallest absolute Gasteiger partial charge is 0.328 e. The van der Waals surface area contributed by atoms with E-state index in [2.05, 4.69) is 9.97 Å². The molecule has 0 aliphatic carbocycles. The Balaban J connectivity index is 2.93. The molecule has 0 amide bonds. The fourth-order valence-corrected chi connectivity index (χ4v) is 0.758. The number of ether oxygens (including phenoxy) is 1. The van der Waals surface area contributed by atoms with Crippen molar-refractivity contribution in [2.75, 3.05) is 7.11 Å². The molecule has 0 aromatic carbocycles. The van der Waals surface area contributed by atoms with Gasteiger partial charge in [0.1, 0.15) is 5.69 Å². The highest BCUT2D eigenvalue weighted by atomic mass is 16.5. The molecule has 0 atom stereocenters. The number of carbonyl (C=O) groups is 1. The van der Waals surface area contributed by atoms with Crippen molar-refractivity contribution < 1.29 is 14.6 Å². The van der Waals surface area contributed by atoms with Gasteiger partial charge in [0, 0.05) is 18.5 Å². The lowest BCUT2D eigenvalue weighted by Crippen LogP contribution is -1.94. The number of hydrogen-bond donors (Lipinski definition) is 1. The number of methoxy groups -OCH3 is 1. The Morgan fingerprint density at radius 3 is 2.85 bits per heavy atom. The van der Waals surface area contributed by atoms with Crippen LogP contribution in [0.1, 0.15) is 5.69 Å². The van der Waals surface area contributed by atoms with Gasteiger partial charge in [0.15, 0.2) is 0 Å². The third-order valence-electron chi connectivity index (χ3n) is 1.27. The molecule has 5 heteroatoms. The van der Waals surface area contributed by atoms with Crippen molar-refractivity contribution in [1.82, 2.24) is 9.97 Å². The van der Waals surface area contributed by atoms with E-state index in [-0.39, 0.29) is 0 Å². The summed E-state index contributed by atoms with van der Waals surface area (Å²) in [4.78, 5) is 17.9. The van der Waals surface area contributed by atoms with Crippen molar-refractivity contribution in [2.24, 2.45) is 0 Å². The standard InChI is InChI=1S/C8H8N2O3/c1-13-8-6(2-3-7(11)12)9-4-5-10-8/h2-5H,1H3,(H,11,12)/b3-2+. The fourth-order valence-electron chi connectivity index (χ4n) is 0.758. The van der Waals surface area contributed by atoms with E-state index in [1.165, 1.54) is 25.6 Å². The zero-order chi connectivity index (χ0) is 9.68. The Kier molecular flexibility index (Phi) is 2.97. The van der Waals surface area contributed by atoms with Gasteiger partial charge in [0.25, 0.3) is 0 Å².